The largest absolute Gasteiger partial charge is 0.509 e. The summed E-state index contributed by atoms with van der Waals surface area (Å²) in [5.74, 6) is -0.740. The fourth-order valence-corrected chi connectivity index (χ4v) is 3.21. The number of nitrogens with zero attached hydrogens (tertiary/aromatic N) is 3. The van der Waals surface area contributed by atoms with Crippen molar-refractivity contribution in [1.29, 1.82) is 5.26 Å². The number of imidazole rings is 1. The number of nitriles is 1. The fourth-order valence-electron chi connectivity index (χ4n) is 2.98. The number of H-pyrrole nitrogens is 1. The average molecular weight is 464 g/mol. The van der Waals surface area contributed by atoms with Crippen LogP contribution >= 0.6 is 11.6 Å². The Balaban J connectivity index is 1.68. The third kappa shape index (κ3) is 5.38. The molecule has 0 unspecified atom stereocenters. The number of benzene rings is 2. The van der Waals surface area contributed by atoms with E-state index in [-0.39, 0.29) is 35.9 Å². The minimum absolute atomic E-state index is 0.0696. The number of carbonyl (C=O) groups is 1. The maximum atomic E-state index is 13.0. The van der Waals surface area contributed by atoms with Gasteiger partial charge in [-0.15, -0.1) is 0 Å². The molecule has 166 valence electrons. The van der Waals surface area contributed by atoms with Crippen LogP contribution < -0.4 is 5.32 Å². The number of aromatic nitrogens is 2. The summed E-state index contributed by atoms with van der Waals surface area (Å²) in [6.07, 6.45) is -4.66. The van der Waals surface area contributed by atoms with E-state index in [4.69, 9.17) is 11.6 Å². The monoisotopic (exact) mass is 463 g/mol. The summed E-state index contributed by atoms with van der Waals surface area (Å²) >= 11 is 5.57. The summed E-state index contributed by atoms with van der Waals surface area (Å²) in [6, 6.07) is 12.0. The lowest BCUT2D eigenvalue weighted by atomic mass is 10.2. The van der Waals surface area contributed by atoms with E-state index < -0.39 is 22.7 Å². The van der Waals surface area contributed by atoms with E-state index in [0.717, 1.165) is 12.1 Å². The number of amides is 1. The molecule has 0 aliphatic heterocycles. The molecule has 0 aliphatic rings. The van der Waals surface area contributed by atoms with Gasteiger partial charge in [0.15, 0.2) is 5.82 Å². The van der Waals surface area contributed by atoms with Crippen LogP contribution in [0.5, 0.6) is 0 Å². The van der Waals surface area contributed by atoms with Crippen molar-refractivity contribution in [3.05, 3.63) is 64.6 Å². The second-order valence-electron chi connectivity index (χ2n) is 6.95. The number of likely N-dealkylation sites (N-methyl/N-ethyl adjacent to an activating group) is 1. The van der Waals surface area contributed by atoms with Crippen LogP contribution in [0.3, 0.4) is 0 Å². The first-order valence-corrected chi connectivity index (χ1v) is 9.58. The quantitative estimate of drug-likeness (QED) is 0.366. The van der Waals surface area contributed by atoms with Gasteiger partial charge in [-0.1, -0.05) is 23.7 Å². The predicted octanol–water partition coefficient (Wildman–Crippen LogP) is 4.60. The molecule has 3 N–H and O–H groups in total. The Bertz CT molecular complexity index is 1200. The molecule has 0 spiro atoms. The van der Waals surface area contributed by atoms with Gasteiger partial charge in [0.2, 0.25) is 5.91 Å². The van der Waals surface area contributed by atoms with Crippen molar-refractivity contribution < 1.29 is 23.1 Å². The summed E-state index contributed by atoms with van der Waals surface area (Å²) in [5.41, 5.74) is 0.102. The van der Waals surface area contributed by atoms with Crippen LogP contribution in [0.4, 0.5) is 18.9 Å². The molecule has 0 saturated carbocycles. The van der Waals surface area contributed by atoms with Crippen molar-refractivity contribution in [3.63, 3.8) is 0 Å². The second kappa shape index (κ2) is 9.30. The molecule has 0 fully saturated rings. The minimum atomic E-state index is -4.66. The third-order valence-corrected chi connectivity index (χ3v) is 4.74. The highest BCUT2D eigenvalue weighted by molar-refractivity contribution is 6.31. The van der Waals surface area contributed by atoms with Gasteiger partial charge >= 0.3 is 6.18 Å². The number of nitrogens with one attached hydrogen (secondary N) is 2. The first-order valence-electron chi connectivity index (χ1n) is 9.21. The molecule has 11 heteroatoms. The molecule has 1 aromatic heterocycles. The maximum Gasteiger partial charge on any atom is 0.417 e. The van der Waals surface area contributed by atoms with E-state index >= 15 is 0 Å². The Morgan fingerprint density at radius 2 is 2.00 bits per heavy atom. The molecule has 0 atom stereocenters. The van der Waals surface area contributed by atoms with Crippen LogP contribution in [0, 0.1) is 11.3 Å². The normalized spacial score (nSPS) is 12.5. The first-order chi connectivity index (χ1) is 15.1. The third-order valence-electron chi connectivity index (χ3n) is 4.42. The number of halogens is 4. The number of aliphatic hydroxyl groups excluding tert-OH is 1. The van der Waals surface area contributed by atoms with Gasteiger partial charge in [-0.3, -0.25) is 9.69 Å². The van der Waals surface area contributed by atoms with Crippen molar-refractivity contribution in [3.8, 4) is 6.07 Å². The number of allylic oxidation sites excluding steroid dienone is 1. The van der Waals surface area contributed by atoms with Crippen LogP contribution in [-0.2, 0) is 11.0 Å². The van der Waals surface area contributed by atoms with Crippen LogP contribution in [0.1, 0.15) is 11.4 Å². The molecule has 2 aromatic carbocycles. The Kier molecular flexibility index (Phi) is 6.72. The van der Waals surface area contributed by atoms with Crippen molar-refractivity contribution in [2.24, 2.45) is 0 Å². The summed E-state index contributed by atoms with van der Waals surface area (Å²) in [6.45, 7) is -0.422. The smallest absolute Gasteiger partial charge is 0.417 e. The highest BCUT2D eigenvalue weighted by Crippen LogP contribution is 2.36. The van der Waals surface area contributed by atoms with Gasteiger partial charge in [-0.05, 0) is 37.4 Å². The Morgan fingerprint density at radius 3 is 2.66 bits per heavy atom. The number of hydrogen-bond donors (Lipinski definition) is 3. The Labute approximate surface area is 185 Å². The molecule has 3 rings (SSSR count). The van der Waals surface area contributed by atoms with Crippen LogP contribution in [0.15, 0.2) is 48.2 Å². The van der Waals surface area contributed by atoms with Crippen molar-refractivity contribution >= 4 is 39.8 Å². The van der Waals surface area contributed by atoms with Gasteiger partial charge in [0.05, 0.1) is 34.7 Å². The van der Waals surface area contributed by atoms with Crippen LogP contribution in [0.2, 0.25) is 5.02 Å². The Hall–Kier alpha value is -3.55. The van der Waals surface area contributed by atoms with E-state index in [1.807, 2.05) is 6.07 Å². The van der Waals surface area contributed by atoms with E-state index in [1.165, 1.54) is 18.0 Å². The Morgan fingerprint density at radius 1 is 1.28 bits per heavy atom. The second-order valence-corrected chi connectivity index (χ2v) is 7.36. The van der Waals surface area contributed by atoms with E-state index in [1.54, 1.807) is 24.3 Å². The number of para-hydroxylation sites is 2. The molecule has 1 amide bonds. The molecule has 1 heterocycles. The van der Waals surface area contributed by atoms with Crippen molar-refractivity contribution in [1.82, 2.24) is 14.9 Å². The number of carbonyl (C=O) groups excluding carboxylic acids is 1. The van der Waals surface area contributed by atoms with E-state index in [9.17, 15) is 28.3 Å². The summed E-state index contributed by atoms with van der Waals surface area (Å²) in [7, 11) is 1.51. The van der Waals surface area contributed by atoms with Gasteiger partial charge in [-0.2, -0.15) is 18.4 Å². The number of rotatable bonds is 6. The van der Waals surface area contributed by atoms with Crippen LogP contribution in [0.25, 0.3) is 16.6 Å². The zero-order chi connectivity index (χ0) is 23.5. The summed E-state index contributed by atoms with van der Waals surface area (Å²) < 4.78 is 38.9. The molecule has 0 bridgehead atoms. The van der Waals surface area contributed by atoms with Gasteiger partial charge in [-0.25, -0.2) is 4.98 Å². The first kappa shape index (κ1) is 23.1. The molecule has 3 aromatic rings. The minimum Gasteiger partial charge on any atom is -0.509 e. The van der Waals surface area contributed by atoms with Gasteiger partial charge in [0.1, 0.15) is 17.4 Å². The zero-order valence-corrected chi connectivity index (χ0v) is 17.4. The highest BCUT2D eigenvalue weighted by Gasteiger charge is 2.33. The highest BCUT2D eigenvalue weighted by atomic mass is 35.5. The number of hydrogen-bond acceptors (Lipinski definition) is 5. The molecule has 0 aliphatic carbocycles. The molecule has 32 heavy (non-hydrogen) atoms. The number of anilines is 1. The average Bonchev–Trinajstić information content (AvgIpc) is 3.12. The van der Waals surface area contributed by atoms with Crippen molar-refractivity contribution in [2.45, 2.75) is 6.18 Å². The van der Waals surface area contributed by atoms with Gasteiger partial charge < -0.3 is 15.4 Å². The molecular weight excluding hydrogens is 447 g/mol. The zero-order valence-electron chi connectivity index (χ0n) is 16.7. The molecular formula is C21H17ClF3N5O2. The number of alkyl halides is 3. The maximum absolute atomic E-state index is 13.0. The van der Waals surface area contributed by atoms with Gasteiger partial charge in [0.25, 0.3) is 0 Å². The standard InChI is InChI=1S/C21H17ClF3N5O2/c1-30(11-19(32)27-12-6-7-15(22)14(8-12)21(23,24)25)10-18(31)13(9-26)20-28-16-4-2-3-5-17(16)29-20/h2-8,31H,10-11H2,1H3,(H,27,32)(H,28,29)/b18-13+. The molecule has 7 nitrogen and oxygen atoms in total. The summed E-state index contributed by atoms with van der Waals surface area (Å²) in [4.78, 5) is 20.8. The molecule has 0 radical (unpaired) electrons. The molecule has 0 saturated heterocycles. The number of aliphatic hydroxyl groups is 1. The van der Waals surface area contributed by atoms with Gasteiger partial charge in [0, 0.05) is 5.69 Å². The predicted molar refractivity (Wildman–Crippen MR) is 114 cm³/mol. The SMILES string of the molecule is CN(CC(=O)Nc1ccc(Cl)c(C(F)(F)F)c1)C/C(O)=C(/C#N)c1nc2ccccc2[nH]1. The lowest BCUT2D eigenvalue weighted by Gasteiger charge is -2.17. The van der Waals surface area contributed by atoms with Crippen LogP contribution in [-0.4, -0.2) is 46.0 Å². The van der Waals surface area contributed by atoms with Crippen molar-refractivity contribution in [2.75, 3.05) is 25.5 Å². The topological polar surface area (TPSA) is 105 Å². The lowest BCUT2D eigenvalue weighted by Crippen LogP contribution is -2.32. The van der Waals surface area contributed by atoms with E-state index in [0.29, 0.717) is 11.0 Å². The van der Waals surface area contributed by atoms with E-state index in [2.05, 4.69) is 15.3 Å². The number of aromatic amines is 1. The summed E-state index contributed by atoms with van der Waals surface area (Å²) in [5, 5.41) is 21.7. The fraction of sp³-hybridized carbons (Fsp3) is 0.190. The number of fused-ring (bicyclic) bond motifs is 1. The lowest BCUT2D eigenvalue weighted by molar-refractivity contribution is -0.137.